The highest BCUT2D eigenvalue weighted by Gasteiger charge is 2.26. The van der Waals surface area contributed by atoms with Crippen molar-refractivity contribution in [2.24, 2.45) is 0 Å². The van der Waals surface area contributed by atoms with Crippen LogP contribution >= 0.6 is 11.6 Å². The third-order valence-corrected chi connectivity index (χ3v) is 5.02. The molecule has 118 valence electrons. The minimum absolute atomic E-state index is 0.189. The molecule has 0 radical (unpaired) electrons. The van der Waals surface area contributed by atoms with Crippen LogP contribution in [0.1, 0.15) is 18.4 Å². The quantitative estimate of drug-likeness (QED) is 0.858. The van der Waals surface area contributed by atoms with E-state index in [0.717, 1.165) is 6.07 Å². The van der Waals surface area contributed by atoms with Crippen LogP contribution < -0.4 is 10.0 Å². The molecule has 8 heteroatoms. The topological polar surface area (TPSA) is 67.4 Å². The summed E-state index contributed by atoms with van der Waals surface area (Å²) in [6.45, 7) is 1.19. The molecule has 1 aromatic carbocycles. The average molecular weight is 337 g/mol. The second-order valence-corrected chi connectivity index (χ2v) is 7.03. The van der Waals surface area contributed by atoms with E-state index >= 15 is 0 Å². The number of halogens is 2. The van der Waals surface area contributed by atoms with E-state index in [1.807, 2.05) is 0 Å². The Morgan fingerprint density at radius 3 is 2.67 bits per heavy atom. The summed E-state index contributed by atoms with van der Waals surface area (Å²) in [7, 11) is -2.30. The second kappa shape index (κ2) is 7.02. The van der Waals surface area contributed by atoms with Gasteiger partial charge in [-0.25, -0.2) is 17.5 Å². The smallest absolute Gasteiger partial charge is 0.243 e. The standard InChI is InChI=1S/C13H18ClFN2O3S/c1-16-8-9-6-10(14)7-12(13(9)15)21(18,19)17-11-2-4-20-5-3-11/h6-7,11,16-17H,2-5,8H2,1H3. The van der Waals surface area contributed by atoms with Crippen LogP contribution in [-0.4, -0.2) is 34.7 Å². The molecule has 0 aromatic heterocycles. The monoisotopic (exact) mass is 336 g/mol. The van der Waals surface area contributed by atoms with Crippen LogP contribution in [0, 0.1) is 5.82 Å². The van der Waals surface area contributed by atoms with Gasteiger partial charge in [0.25, 0.3) is 0 Å². The van der Waals surface area contributed by atoms with E-state index < -0.39 is 20.7 Å². The molecule has 0 bridgehead atoms. The summed E-state index contributed by atoms with van der Waals surface area (Å²) in [6, 6.07) is 2.31. The Hall–Kier alpha value is -0.730. The molecule has 2 N–H and O–H groups in total. The largest absolute Gasteiger partial charge is 0.381 e. The van der Waals surface area contributed by atoms with Crippen LogP contribution in [0.2, 0.25) is 5.02 Å². The maximum absolute atomic E-state index is 14.3. The molecule has 1 saturated heterocycles. The second-order valence-electron chi connectivity index (χ2n) is 4.92. The zero-order valence-corrected chi connectivity index (χ0v) is 13.2. The van der Waals surface area contributed by atoms with Gasteiger partial charge < -0.3 is 10.1 Å². The molecule has 0 unspecified atom stereocenters. The van der Waals surface area contributed by atoms with Gasteiger partial charge in [-0.2, -0.15) is 0 Å². The van der Waals surface area contributed by atoms with Gasteiger partial charge in [0.1, 0.15) is 10.7 Å². The predicted molar refractivity (Wildman–Crippen MR) is 78.3 cm³/mol. The first kappa shape index (κ1) is 16.6. The Morgan fingerprint density at radius 1 is 1.38 bits per heavy atom. The number of rotatable bonds is 5. The van der Waals surface area contributed by atoms with Crippen LogP contribution in [0.4, 0.5) is 4.39 Å². The lowest BCUT2D eigenvalue weighted by Gasteiger charge is -2.23. The maximum Gasteiger partial charge on any atom is 0.243 e. The number of sulfonamides is 1. The fourth-order valence-electron chi connectivity index (χ4n) is 2.23. The van der Waals surface area contributed by atoms with Crippen molar-refractivity contribution in [2.75, 3.05) is 20.3 Å². The van der Waals surface area contributed by atoms with Crippen LogP contribution in [-0.2, 0) is 21.3 Å². The highest BCUT2D eigenvalue weighted by molar-refractivity contribution is 7.89. The van der Waals surface area contributed by atoms with Crippen LogP contribution in [0.25, 0.3) is 0 Å². The first-order chi connectivity index (χ1) is 9.94. The Bertz CT molecular complexity index is 604. The summed E-state index contributed by atoms with van der Waals surface area (Å²) >= 11 is 5.90. The van der Waals surface area contributed by atoms with Gasteiger partial charge in [-0.3, -0.25) is 0 Å². The Balaban J connectivity index is 2.30. The summed E-state index contributed by atoms with van der Waals surface area (Å²) in [5.41, 5.74) is 0.220. The van der Waals surface area contributed by atoms with E-state index in [1.54, 1.807) is 7.05 Å². The van der Waals surface area contributed by atoms with Crippen molar-refractivity contribution in [2.45, 2.75) is 30.3 Å². The molecule has 0 amide bonds. The van der Waals surface area contributed by atoms with Gasteiger partial charge in [0.2, 0.25) is 10.0 Å². The summed E-state index contributed by atoms with van der Waals surface area (Å²) in [5.74, 6) is -0.770. The molecule has 1 aliphatic heterocycles. The Labute approximate surface area is 128 Å². The Kier molecular flexibility index (Phi) is 5.56. The first-order valence-electron chi connectivity index (χ1n) is 6.66. The first-order valence-corrected chi connectivity index (χ1v) is 8.53. The fraction of sp³-hybridized carbons (Fsp3) is 0.538. The molecule has 5 nitrogen and oxygen atoms in total. The van der Waals surface area contributed by atoms with Crippen molar-refractivity contribution < 1.29 is 17.5 Å². The molecule has 1 aliphatic rings. The SMILES string of the molecule is CNCc1cc(Cl)cc(S(=O)(=O)NC2CCOCC2)c1F. The third kappa shape index (κ3) is 4.14. The molecule has 1 aromatic rings. The minimum Gasteiger partial charge on any atom is -0.381 e. The molecule has 0 atom stereocenters. The number of nitrogens with one attached hydrogen (secondary N) is 2. The van der Waals surface area contributed by atoms with Gasteiger partial charge in [0.05, 0.1) is 0 Å². The summed E-state index contributed by atoms with van der Waals surface area (Å²) in [5, 5.41) is 2.97. The molecule has 0 spiro atoms. The van der Waals surface area contributed by atoms with Gasteiger partial charge in [0.15, 0.2) is 0 Å². The summed E-state index contributed by atoms with van der Waals surface area (Å²) in [4.78, 5) is -0.410. The van der Waals surface area contributed by atoms with Gasteiger partial charge in [-0.1, -0.05) is 11.6 Å². The lowest BCUT2D eigenvalue weighted by Crippen LogP contribution is -2.39. The van der Waals surface area contributed by atoms with Crippen LogP contribution in [0.3, 0.4) is 0 Å². The molecule has 21 heavy (non-hydrogen) atoms. The van der Waals surface area contributed by atoms with Crippen molar-refractivity contribution in [1.29, 1.82) is 0 Å². The third-order valence-electron chi connectivity index (χ3n) is 3.28. The van der Waals surface area contributed by atoms with E-state index in [9.17, 15) is 12.8 Å². The summed E-state index contributed by atoms with van der Waals surface area (Å²) < 4.78 is 46.8. The van der Waals surface area contributed by atoms with E-state index in [2.05, 4.69) is 10.0 Å². The predicted octanol–water partition coefficient (Wildman–Crippen LogP) is 1.66. The molecular weight excluding hydrogens is 319 g/mol. The van der Waals surface area contributed by atoms with E-state index in [1.165, 1.54) is 6.07 Å². The summed E-state index contributed by atoms with van der Waals surface area (Å²) in [6.07, 6.45) is 1.15. The van der Waals surface area contributed by atoms with Gasteiger partial charge in [-0.05, 0) is 32.0 Å². The average Bonchev–Trinajstić information content (AvgIpc) is 2.43. The van der Waals surface area contributed by atoms with Crippen LogP contribution in [0.15, 0.2) is 17.0 Å². The van der Waals surface area contributed by atoms with E-state index in [4.69, 9.17) is 16.3 Å². The molecule has 0 saturated carbocycles. The minimum atomic E-state index is -3.95. The van der Waals surface area contributed by atoms with Gasteiger partial charge >= 0.3 is 0 Å². The normalized spacial score (nSPS) is 17.1. The van der Waals surface area contributed by atoms with Crippen molar-refractivity contribution in [1.82, 2.24) is 10.0 Å². The van der Waals surface area contributed by atoms with Crippen LogP contribution in [0.5, 0.6) is 0 Å². The molecule has 1 heterocycles. The lowest BCUT2D eigenvalue weighted by atomic mass is 10.1. The highest BCUT2D eigenvalue weighted by Crippen LogP contribution is 2.24. The zero-order valence-electron chi connectivity index (χ0n) is 11.7. The number of hydrogen-bond donors (Lipinski definition) is 2. The van der Waals surface area contributed by atoms with Crippen molar-refractivity contribution in [3.8, 4) is 0 Å². The number of hydrogen-bond acceptors (Lipinski definition) is 4. The molecular formula is C13H18ClFN2O3S. The maximum atomic E-state index is 14.3. The molecule has 1 fully saturated rings. The zero-order chi connectivity index (χ0) is 15.5. The van der Waals surface area contributed by atoms with E-state index in [0.29, 0.717) is 26.1 Å². The highest BCUT2D eigenvalue weighted by atomic mass is 35.5. The number of ether oxygens (including phenoxy) is 1. The van der Waals surface area contributed by atoms with E-state index in [-0.39, 0.29) is 23.2 Å². The van der Waals surface area contributed by atoms with Gasteiger partial charge in [0, 0.05) is 36.4 Å². The van der Waals surface area contributed by atoms with Crippen molar-refractivity contribution in [3.05, 3.63) is 28.5 Å². The van der Waals surface area contributed by atoms with Crippen molar-refractivity contribution >= 4 is 21.6 Å². The lowest BCUT2D eigenvalue weighted by molar-refractivity contribution is 0.0832. The molecule has 2 rings (SSSR count). The van der Waals surface area contributed by atoms with Gasteiger partial charge in [-0.15, -0.1) is 0 Å². The van der Waals surface area contributed by atoms with Crippen molar-refractivity contribution in [3.63, 3.8) is 0 Å². The molecule has 0 aliphatic carbocycles. The fourth-order valence-corrected chi connectivity index (χ4v) is 3.99. The number of benzene rings is 1. The Morgan fingerprint density at radius 2 is 2.05 bits per heavy atom.